The molecule has 1 saturated heterocycles. The fraction of sp³-hybridized carbons (Fsp3) is 0.522. The summed E-state index contributed by atoms with van der Waals surface area (Å²) in [6, 6.07) is 10.4. The summed E-state index contributed by atoms with van der Waals surface area (Å²) in [6.45, 7) is 9.67. The summed E-state index contributed by atoms with van der Waals surface area (Å²) in [7, 11) is 0. The van der Waals surface area contributed by atoms with Crippen LogP contribution in [0.4, 0.5) is 5.69 Å². The number of furan rings is 1. The minimum absolute atomic E-state index is 0.708. The molecule has 1 aromatic heterocycles. The number of hydrogen-bond donors (Lipinski definition) is 2. The van der Waals surface area contributed by atoms with Crippen molar-refractivity contribution in [2.24, 2.45) is 0 Å². The van der Waals surface area contributed by atoms with E-state index in [-0.39, 0.29) is 0 Å². The van der Waals surface area contributed by atoms with E-state index >= 15 is 0 Å². The molecule has 0 radical (unpaired) electrons. The third kappa shape index (κ3) is 5.82. The van der Waals surface area contributed by atoms with Crippen LogP contribution < -0.4 is 10.2 Å². The Morgan fingerprint density at radius 2 is 1.93 bits per heavy atom. The number of nitrogens with zero attached hydrogens (tertiary/aromatic N) is 1. The molecule has 0 bridgehead atoms. The van der Waals surface area contributed by atoms with E-state index in [9.17, 15) is 0 Å². The SMILES string of the molecule is CCc1cccc(C)c1NC(=S)N(CC[NH+]1CCCCCC1)Cc1ccco1. The van der Waals surface area contributed by atoms with Crippen LogP contribution in [0.15, 0.2) is 41.0 Å². The fourth-order valence-corrected chi connectivity index (χ4v) is 4.26. The van der Waals surface area contributed by atoms with Crippen LogP contribution in [0.3, 0.4) is 0 Å². The Hall–Kier alpha value is -1.85. The van der Waals surface area contributed by atoms with Gasteiger partial charge in [-0.25, -0.2) is 0 Å². The van der Waals surface area contributed by atoms with Crippen LogP contribution in [-0.2, 0) is 13.0 Å². The smallest absolute Gasteiger partial charge is 0.174 e. The van der Waals surface area contributed by atoms with Crippen molar-refractivity contribution in [1.29, 1.82) is 0 Å². The van der Waals surface area contributed by atoms with Crippen LogP contribution in [0, 0.1) is 6.92 Å². The fourth-order valence-electron chi connectivity index (χ4n) is 4.00. The van der Waals surface area contributed by atoms with Gasteiger partial charge in [0.2, 0.25) is 0 Å². The van der Waals surface area contributed by atoms with E-state index in [1.807, 2.05) is 12.1 Å². The predicted octanol–water partition coefficient (Wildman–Crippen LogP) is 3.81. The number of nitrogens with one attached hydrogen (secondary N) is 2. The molecule has 1 aromatic carbocycles. The lowest BCUT2D eigenvalue weighted by atomic mass is 10.1. The van der Waals surface area contributed by atoms with Crippen molar-refractivity contribution in [3.8, 4) is 0 Å². The van der Waals surface area contributed by atoms with E-state index in [1.54, 1.807) is 11.2 Å². The van der Waals surface area contributed by atoms with E-state index in [2.05, 4.69) is 42.3 Å². The van der Waals surface area contributed by atoms with Gasteiger partial charge >= 0.3 is 0 Å². The quantitative estimate of drug-likeness (QED) is 0.693. The average Bonchev–Trinajstić information content (AvgIpc) is 3.07. The molecule has 1 aliphatic rings. The molecule has 5 heteroatoms. The lowest BCUT2D eigenvalue weighted by Crippen LogP contribution is -3.12. The molecule has 0 unspecified atom stereocenters. The molecule has 0 aliphatic carbocycles. The molecule has 1 aliphatic heterocycles. The number of thiocarbonyl (C=S) groups is 1. The molecular weight excluding hydrogens is 366 g/mol. The Bertz CT molecular complexity index is 736. The highest BCUT2D eigenvalue weighted by atomic mass is 32.1. The molecule has 28 heavy (non-hydrogen) atoms. The van der Waals surface area contributed by atoms with Crippen molar-refractivity contribution in [3.63, 3.8) is 0 Å². The highest BCUT2D eigenvalue weighted by molar-refractivity contribution is 7.80. The van der Waals surface area contributed by atoms with Gasteiger partial charge in [-0.05, 0) is 74.5 Å². The molecule has 3 rings (SSSR count). The maximum absolute atomic E-state index is 5.86. The maximum Gasteiger partial charge on any atom is 0.174 e. The highest BCUT2D eigenvalue weighted by Gasteiger charge is 2.18. The zero-order chi connectivity index (χ0) is 19.8. The van der Waals surface area contributed by atoms with Gasteiger partial charge in [-0.1, -0.05) is 25.1 Å². The number of quaternary nitrogens is 1. The number of para-hydroxylation sites is 1. The van der Waals surface area contributed by atoms with Crippen molar-refractivity contribution in [2.75, 3.05) is 31.5 Å². The molecule has 0 saturated carbocycles. The van der Waals surface area contributed by atoms with Gasteiger partial charge in [0.05, 0.1) is 39.0 Å². The number of likely N-dealkylation sites (tertiary alicyclic amines) is 1. The molecule has 2 heterocycles. The van der Waals surface area contributed by atoms with Gasteiger partial charge in [0.1, 0.15) is 5.76 Å². The van der Waals surface area contributed by atoms with Crippen LogP contribution >= 0.6 is 12.2 Å². The Labute approximate surface area is 174 Å². The second kappa shape index (κ2) is 10.6. The first-order valence-corrected chi connectivity index (χ1v) is 11.1. The van der Waals surface area contributed by atoms with Crippen molar-refractivity contribution in [1.82, 2.24) is 4.90 Å². The lowest BCUT2D eigenvalue weighted by molar-refractivity contribution is -0.898. The average molecular weight is 401 g/mol. The van der Waals surface area contributed by atoms with Crippen LogP contribution in [-0.4, -0.2) is 36.2 Å². The Kier molecular flexibility index (Phi) is 7.92. The third-order valence-corrected chi connectivity index (χ3v) is 6.09. The highest BCUT2D eigenvalue weighted by Crippen LogP contribution is 2.22. The normalized spacial score (nSPS) is 15.2. The van der Waals surface area contributed by atoms with Crippen molar-refractivity contribution < 1.29 is 9.32 Å². The zero-order valence-electron chi connectivity index (χ0n) is 17.3. The first-order valence-electron chi connectivity index (χ1n) is 10.7. The number of aryl methyl sites for hydroxylation is 2. The van der Waals surface area contributed by atoms with Gasteiger partial charge in [0.25, 0.3) is 0 Å². The summed E-state index contributed by atoms with van der Waals surface area (Å²) < 4.78 is 5.61. The van der Waals surface area contributed by atoms with E-state index < -0.39 is 0 Å². The minimum atomic E-state index is 0.708. The number of rotatable bonds is 7. The largest absolute Gasteiger partial charge is 0.467 e. The van der Waals surface area contributed by atoms with E-state index in [0.717, 1.165) is 36.1 Å². The van der Waals surface area contributed by atoms with Crippen molar-refractivity contribution in [2.45, 2.75) is 52.5 Å². The van der Waals surface area contributed by atoms with Gasteiger partial charge in [0.15, 0.2) is 5.11 Å². The number of benzene rings is 1. The molecule has 2 aromatic rings. The molecule has 0 spiro atoms. The topological polar surface area (TPSA) is 32.9 Å². The summed E-state index contributed by atoms with van der Waals surface area (Å²) in [6.07, 6.45) is 8.18. The Morgan fingerprint density at radius 1 is 1.14 bits per heavy atom. The van der Waals surface area contributed by atoms with Crippen LogP contribution in [0.25, 0.3) is 0 Å². The second-order valence-electron chi connectivity index (χ2n) is 7.81. The number of hydrogen-bond acceptors (Lipinski definition) is 2. The van der Waals surface area contributed by atoms with Gasteiger partial charge < -0.3 is 19.5 Å². The monoisotopic (exact) mass is 400 g/mol. The van der Waals surface area contributed by atoms with Crippen molar-refractivity contribution >= 4 is 23.0 Å². The summed E-state index contributed by atoms with van der Waals surface area (Å²) >= 11 is 5.86. The predicted molar refractivity (Wildman–Crippen MR) is 120 cm³/mol. The minimum Gasteiger partial charge on any atom is -0.467 e. The van der Waals surface area contributed by atoms with Crippen LogP contribution in [0.5, 0.6) is 0 Å². The molecule has 0 atom stereocenters. The van der Waals surface area contributed by atoms with Gasteiger partial charge in [-0.3, -0.25) is 0 Å². The van der Waals surface area contributed by atoms with Crippen LogP contribution in [0.2, 0.25) is 0 Å². The summed E-state index contributed by atoms with van der Waals surface area (Å²) in [5.74, 6) is 0.954. The molecule has 1 fully saturated rings. The zero-order valence-corrected chi connectivity index (χ0v) is 18.1. The van der Waals surface area contributed by atoms with Crippen LogP contribution in [0.1, 0.15) is 49.5 Å². The Morgan fingerprint density at radius 3 is 2.61 bits per heavy atom. The van der Waals surface area contributed by atoms with Gasteiger partial charge in [-0.2, -0.15) is 0 Å². The van der Waals surface area contributed by atoms with E-state index in [0.29, 0.717) is 6.54 Å². The number of anilines is 1. The summed E-state index contributed by atoms with van der Waals surface area (Å²) in [5.41, 5.74) is 3.69. The molecule has 2 N–H and O–H groups in total. The van der Waals surface area contributed by atoms with E-state index in [1.165, 1.54) is 49.9 Å². The van der Waals surface area contributed by atoms with Gasteiger partial charge in [0, 0.05) is 5.69 Å². The summed E-state index contributed by atoms with van der Waals surface area (Å²) in [5, 5.41) is 4.34. The standard InChI is InChI=1S/C23H33N3OS/c1-3-20-11-8-10-19(2)22(20)24-23(28)26(18-21-12-9-17-27-21)16-15-25-13-6-4-5-7-14-25/h8-12,17H,3-7,13-16,18H2,1-2H3,(H,24,28)/p+1. The molecular formula is C23H34N3OS+. The first kappa shape index (κ1) is 20.9. The summed E-state index contributed by atoms with van der Waals surface area (Å²) in [4.78, 5) is 3.97. The third-order valence-electron chi connectivity index (χ3n) is 5.73. The Balaban J connectivity index is 1.69. The maximum atomic E-state index is 5.86. The molecule has 152 valence electrons. The molecule has 4 nitrogen and oxygen atoms in total. The van der Waals surface area contributed by atoms with Gasteiger partial charge in [-0.15, -0.1) is 0 Å². The first-order chi connectivity index (χ1) is 13.7. The second-order valence-corrected chi connectivity index (χ2v) is 8.19. The lowest BCUT2D eigenvalue weighted by Gasteiger charge is -2.28. The van der Waals surface area contributed by atoms with Crippen molar-refractivity contribution in [3.05, 3.63) is 53.5 Å². The van der Waals surface area contributed by atoms with E-state index in [4.69, 9.17) is 16.6 Å². The molecule has 0 amide bonds.